The highest BCUT2D eigenvalue weighted by Gasteiger charge is 1.98. The fourth-order valence-corrected chi connectivity index (χ4v) is 2.44. The van der Waals surface area contributed by atoms with E-state index in [9.17, 15) is 4.79 Å². The highest BCUT2D eigenvalue weighted by Crippen LogP contribution is 2.12. The van der Waals surface area contributed by atoms with Crippen molar-refractivity contribution in [1.82, 2.24) is 0 Å². The molecule has 0 unspecified atom stereocenters. The lowest BCUT2D eigenvalue weighted by molar-refractivity contribution is -0.485. The van der Waals surface area contributed by atoms with Gasteiger partial charge in [0, 0.05) is 0 Å². The number of hydrogen-bond acceptors (Lipinski definition) is 4. The van der Waals surface area contributed by atoms with Crippen molar-refractivity contribution in [1.29, 1.82) is 0 Å². The minimum atomic E-state index is -1.50. The molecule has 0 atom stereocenters. The maximum atomic E-state index is 9.93. The molecular formula is C17H34O5. The third-order valence-corrected chi connectivity index (χ3v) is 3.73. The van der Waals surface area contributed by atoms with Crippen LogP contribution in [0.5, 0.6) is 0 Å². The Morgan fingerprint density at radius 2 is 1.14 bits per heavy atom. The van der Waals surface area contributed by atoms with Crippen LogP contribution in [-0.2, 0) is 14.8 Å². The van der Waals surface area contributed by atoms with E-state index in [1.54, 1.807) is 0 Å². The SMILES string of the molecule is CCCCCCCCCCCCCCCCOOOC(=O)O. The zero-order chi connectivity index (χ0) is 16.3. The predicted molar refractivity (Wildman–Crippen MR) is 86.5 cm³/mol. The molecule has 22 heavy (non-hydrogen) atoms. The topological polar surface area (TPSA) is 65.0 Å². The van der Waals surface area contributed by atoms with E-state index in [1.807, 2.05) is 0 Å². The molecule has 1 N–H and O–H groups in total. The molecule has 0 rings (SSSR count). The Kier molecular flexibility index (Phi) is 17.6. The summed E-state index contributed by atoms with van der Waals surface area (Å²) in [6.07, 6.45) is 16.7. The molecule has 0 saturated carbocycles. The molecule has 0 bridgehead atoms. The number of carboxylic acid groups (broad SMARTS) is 1. The maximum absolute atomic E-state index is 9.93. The molecule has 0 fully saturated rings. The highest BCUT2D eigenvalue weighted by atomic mass is 17.5. The van der Waals surface area contributed by atoms with Crippen molar-refractivity contribution in [2.45, 2.75) is 96.8 Å². The van der Waals surface area contributed by atoms with Crippen LogP contribution in [0.2, 0.25) is 0 Å². The highest BCUT2D eigenvalue weighted by molar-refractivity contribution is 5.55. The molecule has 0 heterocycles. The second kappa shape index (κ2) is 18.2. The lowest BCUT2D eigenvalue weighted by Crippen LogP contribution is -2.03. The third kappa shape index (κ3) is 19.2. The summed E-state index contributed by atoms with van der Waals surface area (Å²) in [5.41, 5.74) is 0. The average molecular weight is 318 g/mol. The standard InChI is InChI=1S/C17H34O5/c1-2-3-4-5-6-7-8-9-10-11-12-13-14-15-16-20-22-21-17(18)19/h2-16H2,1H3,(H,18,19). The van der Waals surface area contributed by atoms with Crippen LogP contribution < -0.4 is 0 Å². The zero-order valence-corrected chi connectivity index (χ0v) is 14.2. The van der Waals surface area contributed by atoms with Gasteiger partial charge in [-0.3, -0.25) is 0 Å². The Bertz CT molecular complexity index is 233. The first-order chi connectivity index (χ1) is 10.8. The second-order valence-corrected chi connectivity index (χ2v) is 5.84. The third-order valence-electron chi connectivity index (χ3n) is 3.73. The molecule has 0 saturated heterocycles. The summed E-state index contributed by atoms with van der Waals surface area (Å²) in [4.78, 5) is 18.2. The van der Waals surface area contributed by atoms with Gasteiger partial charge < -0.3 is 5.11 Å². The first-order valence-corrected chi connectivity index (χ1v) is 8.96. The Labute approximate surface area is 135 Å². The number of rotatable bonds is 17. The molecule has 0 spiro atoms. The van der Waals surface area contributed by atoms with E-state index in [0.717, 1.165) is 12.8 Å². The molecule has 5 nitrogen and oxygen atoms in total. The minimum Gasteiger partial charge on any atom is -0.448 e. The van der Waals surface area contributed by atoms with Crippen LogP contribution in [0.25, 0.3) is 0 Å². The van der Waals surface area contributed by atoms with E-state index >= 15 is 0 Å². The minimum absolute atomic E-state index is 0.366. The summed E-state index contributed by atoms with van der Waals surface area (Å²) in [7, 11) is 0. The Morgan fingerprint density at radius 3 is 1.55 bits per heavy atom. The van der Waals surface area contributed by atoms with Gasteiger partial charge in [-0.2, -0.15) is 4.89 Å². The fourth-order valence-electron chi connectivity index (χ4n) is 2.44. The maximum Gasteiger partial charge on any atom is 0.540 e. The summed E-state index contributed by atoms with van der Waals surface area (Å²) in [6, 6.07) is 0. The smallest absolute Gasteiger partial charge is 0.448 e. The molecule has 0 aromatic heterocycles. The molecule has 0 aliphatic heterocycles. The van der Waals surface area contributed by atoms with Crippen molar-refractivity contribution in [3.05, 3.63) is 0 Å². The van der Waals surface area contributed by atoms with Gasteiger partial charge in [0.1, 0.15) is 0 Å². The largest absolute Gasteiger partial charge is 0.540 e. The quantitative estimate of drug-likeness (QED) is 0.202. The first kappa shape index (κ1) is 21.2. The molecule has 0 aromatic rings. The second-order valence-electron chi connectivity index (χ2n) is 5.84. The van der Waals surface area contributed by atoms with Crippen molar-refractivity contribution in [2.24, 2.45) is 0 Å². The molecule has 0 aliphatic rings. The van der Waals surface area contributed by atoms with Gasteiger partial charge in [-0.1, -0.05) is 90.4 Å². The summed E-state index contributed by atoms with van der Waals surface area (Å²) < 4.78 is 0. The summed E-state index contributed by atoms with van der Waals surface area (Å²) in [5, 5.41) is 12.1. The fraction of sp³-hybridized carbons (Fsp3) is 0.941. The lowest BCUT2D eigenvalue weighted by Gasteiger charge is -2.03. The van der Waals surface area contributed by atoms with Gasteiger partial charge in [0.15, 0.2) is 0 Å². The van der Waals surface area contributed by atoms with Crippen LogP contribution in [-0.4, -0.2) is 17.9 Å². The van der Waals surface area contributed by atoms with E-state index in [2.05, 4.69) is 21.7 Å². The van der Waals surface area contributed by atoms with Gasteiger partial charge in [0.2, 0.25) is 0 Å². The molecule has 0 amide bonds. The normalized spacial score (nSPS) is 10.8. The van der Waals surface area contributed by atoms with E-state index in [0.29, 0.717) is 6.61 Å². The van der Waals surface area contributed by atoms with Crippen LogP contribution in [0.4, 0.5) is 4.79 Å². The van der Waals surface area contributed by atoms with Gasteiger partial charge in [-0.15, -0.1) is 0 Å². The van der Waals surface area contributed by atoms with Crippen molar-refractivity contribution in [3.63, 3.8) is 0 Å². The molecule has 132 valence electrons. The number of unbranched alkanes of at least 4 members (excludes halogenated alkanes) is 13. The van der Waals surface area contributed by atoms with Crippen molar-refractivity contribution in [2.75, 3.05) is 6.61 Å². The molecule has 0 aromatic carbocycles. The Morgan fingerprint density at radius 1 is 0.727 bits per heavy atom. The van der Waals surface area contributed by atoms with Crippen molar-refractivity contribution in [3.8, 4) is 0 Å². The van der Waals surface area contributed by atoms with Gasteiger partial charge >= 0.3 is 6.16 Å². The molecule has 5 heteroatoms. The van der Waals surface area contributed by atoms with E-state index in [1.165, 1.54) is 77.0 Å². The van der Waals surface area contributed by atoms with Gasteiger partial charge in [-0.25, -0.2) is 9.68 Å². The zero-order valence-electron chi connectivity index (χ0n) is 14.2. The van der Waals surface area contributed by atoms with Gasteiger partial charge in [-0.05, 0) is 11.5 Å². The van der Waals surface area contributed by atoms with Gasteiger partial charge in [0.05, 0.1) is 6.61 Å². The molecular weight excluding hydrogens is 284 g/mol. The van der Waals surface area contributed by atoms with Crippen LogP contribution in [0.15, 0.2) is 0 Å². The predicted octanol–water partition coefficient (Wildman–Crippen LogP) is 6.03. The van der Waals surface area contributed by atoms with Crippen molar-refractivity contribution < 1.29 is 24.7 Å². The van der Waals surface area contributed by atoms with Crippen LogP contribution in [0.3, 0.4) is 0 Å². The van der Waals surface area contributed by atoms with Crippen LogP contribution in [0.1, 0.15) is 96.8 Å². The van der Waals surface area contributed by atoms with Crippen LogP contribution in [0, 0.1) is 0 Å². The van der Waals surface area contributed by atoms with Crippen LogP contribution >= 0.6 is 0 Å². The number of hydrogen-bond donors (Lipinski definition) is 1. The average Bonchev–Trinajstić information content (AvgIpc) is 2.50. The monoisotopic (exact) mass is 318 g/mol. The summed E-state index contributed by atoms with van der Waals surface area (Å²) >= 11 is 0. The molecule has 0 radical (unpaired) electrons. The van der Waals surface area contributed by atoms with Gasteiger partial charge in [0.25, 0.3) is 0 Å². The van der Waals surface area contributed by atoms with E-state index in [-0.39, 0.29) is 0 Å². The summed E-state index contributed by atoms with van der Waals surface area (Å²) in [6.45, 7) is 2.63. The molecule has 0 aliphatic carbocycles. The van der Waals surface area contributed by atoms with Crippen molar-refractivity contribution >= 4 is 6.16 Å². The lowest BCUT2D eigenvalue weighted by atomic mass is 10.0. The Hall–Kier alpha value is -0.810. The van der Waals surface area contributed by atoms with E-state index in [4.69, 9.17) is 5.11 Å². The van der Waals surface area contributed by atoms with E-state index < -0.39 is 6.16 Å². The Balaban J connectivity index is 2.95. The summed E-state index contributed by atoms with van der Waals surface area (Å²) in [5.74, 6) is 0. The first-order valence-electron chi connectivity index (χ1n) is 8.96. The number of carbonyl (C=O) groups is 1.